The zero-order valence-corrected chi connectivity index (χ0v) is 12.3. The molecule has 3 rings (SSSR count). The number of nitrogens with two attached hydrogens (primary N) is 1. The average molecular weight is 290 g/mol. The van der Waals surface area contributed by atoms with Gasteiger partial charge in [-0.05, 0) is 23.1 Å². The van der Waals surface area contributed by atoms with Crippen LogP contribution in [0.3, 0.4) is 0 Å². The van der Waals surface area contributed by atoms with Crippen LogP contribution < -0.4 is 5.73 Å². The van der Waals surface area contributed by atoms with Gasteiger partial charge in [-0.25, -0.2) is 4.68 Å². The molecule has 0 fully saturated rings. The Morgan fingerprint density at radius 1 is 1.05 bits per heavy atom. The van der Waals surface area contributed by atoms with Gasteiger partial charge >= 0.3 is 0 Å². The van der Waals surface area contributed by atoms with E-state index in [4.69, 9.17) is 5.73 Å². The molecule has 22 heavy (non-hydrogen) atoms. The number of allylic oxidation sites excluding steroid dienone is 1. The highest BCUT2D eigenvalue weighted by atomic mass is 15.5. The second-order valence-corrected chi connectivity index (χ2v) is 5.17. The summed E-state index contributed by atoms with van der Waals surface area (Å²) in [6.45, 7) is 3.77. The number of nitrogens with zero attached hydrogens (tertiary/aromatic N) is 3. The molecule has 0 aliphatic heterocycles. The number of benzene rings is 2. The van der Waals surface area contributed by atoms with E-state index in [-0.39, 0.29) is 0 Å². The van der Waals surface area contributed by atoms with Crippen LogP contribution in [0.5, 0.6) is 0 Å². The first-order valence-electron chi connectivity index (χ1n) is 7.16. The maximum Gasteiger partial charge on any atom is 0.163 e. The van der Waals surface area contributed by atoms with E-state index in [1.165, 1.54) is 5.56 Å². The van der Waals surface area contributed by atoms with Crippen molar-refractivity contribution in [3.8, 4) is 0 Å². The van der Waals surface area contributed by atoms with Crippen molar-refractivity contribution in [1.82, 2.24) is 15.0 Å². The Morgan fingerprint density at radius 3 is 2.32 bits per heavy atom. The largest absolute Gasteiger partial charge is 0.299 e. The van der Waals surface area contributed by atoms with E-state index in [1.54, 1.807) is 17.1 Å². The van der Waals surface area contributed by atoms with E-state index in [9.17, 15) is 0 Å². The van der Waals surface area contributed by atoms with Crippen LogP contribution in [0.1, 0.15) is 16.7 Å². The topological polar surface area (TPSA) is 56.7 Å². The average Bonchev–Trinajstić information content (AvgIpc) is 3.11. The molecule has 0 saturated heterocycles. The van der Waals surface area contributed by atoms with Gasteiger partial charge in [0.1, 0.15) is 0 Å². The highest BCUT2D eigenvalue weighted by molar-refractivity contribution is 5.39. The van der Waals surface area contributed by atoms with E-state index < -0.39 is 5.66 Å². The van der Waals surface area contributed by atoms with Gasteiger partial charge in [0, 0.05) is 6.20 Å². The van der Waals surface area contributed by atoms with Crippen LogP contribution >= 0.6 is 0 Å². The summed E-state index contributed by atoms with van der Waals surface area (Å²) in [6, 6.07) is 18.1. The Kier molecular flexibility index (Phi) is 3.85. The van der Waals surface area contributed by atoms with Crippen LogP contribution in [0.25, 0.3) is 0 Å². The summed E-state index contributed by atoms with van der Waals surface area (Å²) in [5.74, 6) is 0. The lowest BCUT2D eigenvalue weighted by molar-refractivity contribution is 0.392. The first kappa shape index (κ1) is 14.2. The smallest absolute Gasteiger partial charge is 0.163 e. The molecule has 110 valence electrons. The van der Waals surface area contributed by atoms with Crippen molar-refractivity contribution in [3.05, 3.63) is 96.3 Å². The van der Waals surface area contributed by atoms with Gasteiger partial charge in [0.15, 0.2) is 5.66 Å². The lowest BCUT2D eigenvalue weighted by atomic mass is 9.91. The van der Waals surface area contributed by atoms with Gasteiger partial charge in [-0.3, -0.25) is 5.73 Å². The van der Waals surface area contributed by atoms with E-state index in [2.05, 4.69) is 29.0 Å². The van der Waals surface area contributed by atoms with Gasteiger partial charge in [0.05, 0.1) is 6.20 Å². The van der Waals surface area contributed by atoms with Gasteiger partial charge in [-0.2, -0.15) is 0 Å². The molecule has 2 aromatic carbocycles. The van der Waals surface area contributed by atoms with Gasteiger partial charge in [-0.1, -0.05) is 65.9 Å². The molecule has 1 aromatic heterocycles. The van der Waals surface area contributed by atoms with Gasteiger partial charge in [0.2, 0.25) is 0 Å². The van der Waals surface area contributed by atoms with Crippen molar-refractivity contribution in [3.63, 3.8) is 0 Å². The Balaban J connectivity index is 2.12. The highest BCUT2D eigenvalue weighted by Gasteiger charge is 2.32. The van der Waals surface area contributed by atoms with Crippen molar-refractivity contribution >= 4 is 0 Å². The van der Waals surface area contributed by atoms with Crippen LogP contribution in [0.4, 0.5) is 0 Å². The van der Waals surface area contributed by atoms with Crippen molar-refractivity contribution in [2.24, 2.45) is 5.73 Å². The number of hydrogen-bond acceptors (Lipinski definition) is 3. The molecule has 4 heteroatoms. The Bertz CT molecular complexity index is 733. The Morgan fingerprint density at radius 2 is 1.73 bits per heavy atom. The Labute approximate surface area is 129 Å². The summed E-state index contributed by atoms with van der Waals surface area (Å²) in [7, 11) is 0. The second kappa shape index (κ2) is 5.95. The third-order valence-corrected chi connectivity index (χ3v) is 3.77. The molecule has 0 bridgehead atoms. The minimum Gasteiger partial charge on any atom is -0.299 e. The summed E-state index contributed by atoms with van der Waals surface area (Å²) in [4.78, 5) is 0. The van der Waals surface area contributed by atoms with Crippen molar-refractivity contribution in [2.75, 3.05) is 0 Å². The fraction of sp³-hybridized carbons (Fsp3) is 0.111. The molecule has 1 heterocycles. The normalized spacial score (nSPS) is 13.5. The third-order valence-electron chi connectivity index (χ3n) is 3.77. The van der Waals surface area contributed by atoms with Crippen LogP contribution in [-0.4, -0.2) is 15.0 Å². The minimum absolute atomic E-state index is 0.840. The standard InChI is InChI=1S/C18H18N4/c1-2-6-15-9-11-17(12-10-15)18(19,22-14-13-20-21-22)16-7-4-3-5-8-16/h2-5,7-14H,1,6,19H2. The zero-order chi connectivity index (χ0) is 15.4. The summed E-state index contributed by atoms with van der Waals surface area (Å²) in [5, 5.41) is 8.03. The molecule has 1 atom stereocenters. The lowest BCUT2D eigenvalue weighted by Gasteiger charge is -2.30. The molecule has 0 aliphatic rings. The fourth-order valence-corrected chi connectivity index (χ4v) is 2.58. The maximum absolute atomic E-state index is 6.77. The van der Waals surface area contributed by atoms with E-state index in [0.717, 1.165) is 17.5 Å². The predicted molar refractivity (Wildman–Crippen MR) is 87.2 cm³/mol. The van der Waals surface area contributed by atoms with Crippen molar-refractivity contribution < 1.29 is 0 Å². The zero-order valence-electron chi connectivity index (χ0n) is 12.3. The second-order valence-electron chi connectivity index (χ2n) is 5.17. The quantitative estimate of drug-likeness (QED) is 0.735. The van der Waals surface area contributed by atoms with Crippen molar-refractivity contribution in [2.45, 2.75) is 12.1 Å². The van der Waals surface area contributed by atoms with Crippen LogP contribution in [0.2, 0.25) is 0 Å². The fourth-order valence-electron chi connectivity index (χ4n) is 2.58. The van der Waals surface area contributed by atoms with Crippen LogP contribution in [0.15, 0.2) is 79.6 Å². The molecule has 2 N–H and O–H groups in total. The first-order chi connectivity index (χ1) is 10.7. The molecular weight excluding hydrogens is 272 g/mol. The van der Waals surface area contributed by atoms with Gasteiger partial charge in [0.25, 0.3) is 0 Å². The summed E-state index contributed by atoms with van der Waals surface area (Å²) in [5.41, 5.74) is 9.00. The van der Waals surface area contributed by atoms with E-state index in [1.807, 2.05) is 48.5 Å². The van der Waals surface area contributed by atoms with Crippen LogP contribution in [0, 0.1) is 0 Å². The number of rotatable bonds is 5. The van der Waals surface area contributed by atoms with Gasteiger partial charge in [-0.15, -0.1) is 11.7 Å². The maximum atomic E-state index is 6.77. The summed E-state index contributed by atoms with van der Waals surface area (Å²) < 4.78 is 1.69. The first-order valence-corrected chi connectivity index (χ1v) is 7.16. The molecule has 0 saturated carbocycles. The molecular formula is C18H18N4. The van der Waals surface area contributed by atoms with Gasteiger partial charge < -0.3 is 0 Å². The monoisotopic (exact) mass is 290 g/mol. The summed E-state index contributed by atoms with van der Waals surface area (Å²) in [6.07, 6.45) is 6.15. The molecule has 1 unspecified atom stereocenters. The molecule has 0 amide bonds. The number of hydrogen-bond donors (Lipinski definition) is 1. The SMILES string of the molecule is C=CCc1ccc(C(N)(c2ccccc2)n2ccnn2)cc1. The Hall–Kier alpha value is -2.72. The molecule has 0 spiro atoms. The lowest BCUT2D eigenvalue weighted by Crippen LogP contribution is -2.45. The molecule has 4 nitrogen and oxygen atoms in total. The molecule has 3 aromatic rings. The van der Waals surface area contributed by atoms with E-state index >= 15 is 0 Å². The van der Waals surface area contributed by atoms with Crippen LogP contribution in [-0.2, 0) is 12.1 Å². The van der Waals surface area contributed by atoms with Crippen molar-refractivity contribution in [1.29, 1.82) is 0 Å². The summed E-state index contributed by atoms with van der Waals surface area (Å²) >= 11 is 0. The molecule has 0 radical (unpaired) electrons. The minimum atomic E-state index is -0.884. The highest BCUT2D eigenvalue weighted by Crippen LogP contribution is 2.28. The van der Waals surface area contributed by atoms with E-state index in [0.29, 0.717) is 0 Å². The third kappa shape index (κ3) is 2.44. The number of aromatic nitrogens is 3. The molecule has 0 aliphatic carbocycles. The predicted octanol–water partition coefficient (Wildman–Crippen LogP) is 2.71.